The fourth-order valence-electron chi connectivity index (χ4n) is 5.46. The van der Waals surface area contributed by atoms with E-state index in [2.05, 4.69) is 16.0 Å². The van der Waals surface area contributed by atoms with Crippen LogP contribution in [0.3, 0.4) is 0 Å². The van der Waals surface area contributed by atoms with Crippen molar-refractivity contribution in [1.82, 2.24) is 20.9 Å². The van der Waals surface area contributed by atoms with Crippen molar-refractivity contribution in [3.63, 3.8) is 0 Å². The Balaban J connectivity index is 1.65. The number of carboxylic acid groups (broad SMARTS) is 1. The molecule has 268 valence electrons. The molecule has 0 saturated heterocycles. The van der Waals surface area contributed by atoms with Gasteiger partial charge in [-0.3, -0.25) is 9.59 Å². The number of carbonyl (C=O) groups excluding carboxylic acids is 4. The summed E-state index contributed by atoms with van der Waals surface area (Å²) in [4.78, 5) is 63.2. The van der Waals surface area contributed by atoms with Crippen molar-refractivity contribution in [2.45, 2.75) is 90.4 Å². The molecule has 3 rings (SSSR count). The second kappa shape index (κ2) is 17.5. The molecule has 1 atom stereocenters. The largest absolute Gasteiger partial charge is 0.480 e. The van der Waals surface area contributed by atoms with Crippen molar-refractivity contribution >= 4 is 30.2 Å². The van der Waals surface area contributed by atoms with Gasteiger partial charge in [-0.2, -0.15) is 0 Å². The molecule has 4 amide bonds. The van der Waals surface area contributed by atoms with Gasteiger partial charge in [-0.15, -0.1) is 0 Å². The lowest BCUT2D eigenvalue weighted by Crippen LogP contribution is -2.48. The van der Waals surface area contributed by atoms with Crippen molar-refractivity contribution in [3.8, 4) is 11.1 Å². The van der Waals surface area contributed by atoms with Crippen LogP contribution < -0.4 is 16.0 Å². The Bertz CT molecular complexity index is 1420. The summed E-state index contributed by atoms with van der Waals surface area (Å²) < 4.78 is 16.2. The van der Waals surface area contributed by atoms with Gasteiger partial charge in [0, 0.05) is 38.0 Å². The van der Waals surface area contributed by atoms with Crippen LogP contribution in [0.4, 0.5) is 14.4 Å². The summed E-state index contributed by atoms with van der Waals surface area (Å²) in [7, 11) is 0. The first-order valence-electron chi connectivity index (χ1n) is 16.6. The van der Waals surface area contributed by atoms with Crippen LogP contribution in [0.25, 0.3) is 11.1 Å². The quantitative estimate of drug-likeness (QED) is 0.141. The zero-order valence-electron chi connectivity index (χ0n) is 29.3. The van der Waals surface area contributed by atoms with E-state index in [9.17, 15) is 29.1 Å². The highest BCUT2D eigenvalue weighted by molar-refractivity contribution is 5.82. The molecule has 0 spiro atoms. The zero-order valence-corrected chi connectivity index (χ0v) is 29.3. The highest BCUT2D eigenvalue weighted by Crippen LogP contribution is 2.44. The summed E-state index contributed by atoms with van der Waals surface area (Å²) in [5.74, 6) is -1.91. The van der Waals surface area contributed by atoms with Crippen LogP contribution in [0, 0.1) is 0 Å². The number of ether oxygens (including phenoxy) is 3. The smallest absolute Gasteiger partial charge is 0.407 e. The van der Waals surface area contributed by atoms with Gasteiger partial charge in [0.2, 0.25) is 5.91 Å². The van der Waals surface area contributed by atoms with E-state index in [4.69, 9.17) is 14.2 Å². The lowest BCUT2D eigenvalue weighted by molar-refractivity contribution is -0.144. The van der Waals surface area contributed by atoms with E-state index in [1.807, 2.05) is 48.5 Å². The second-order valence-corrected chi connectivity index (χ2v) is 13.9. The molecule has 0 fully saturated rings. The lowest BCUT2D eigenvalue weighted by atomic mass is 9.98. The zero-order chi connectivity index (χ0) is 36.2. The van der Waals surface area contributed by atoms with E-state index in [0.29, 0.717) is 25.8 Å². The molecule has 13 nitrogen and oxygen atoms in total. The summed E-state index contributed by atoms with van der Waals surface area (Å²) in [6.45, 7) is 10.1. The standard InChI is InChI=1S/C36H50N4O9/c1-35(2,3)48-32(44)37-19-12-11-13-24(21-40(22-31(42)43)30(41)18-20-38-33(45)49-36(4,5)6)39-34(46)47-23-29-27-16-9-7-14-25(27)26-15-8-10-17-28(26)29/h7-10,14-17,24,29H,11-13,18-23H2,1-6H3,(H,37,44)(H,38,45)(H,39,46)(H,42,43)/t24-/m0/s1. The average molecular weight is 683 g/mol. The third-order valence-corrected chi connectivity index (χ3v) is 7.44. The Morgan fingerprint density at radius 3 is 1.84 bits per heavy atom. The normalized spacial score (nSPS) is 12.9. The molecule has 0 bridgehead atoms. The van der Waals surface area contributed by atoms with Gasteiger partial charge in [0.25, 0.3) is 0 Å². The number of nitrogens with zero attached hydrogens (tertiary/aromatic N) is 1. The van der Waals surface area contributed by atoms with E-state index in [-0.39, 0.29) is 32.0 Å². The highest BCUT2D eigenvalue weighted by Gasteiger charge is 2.30. The third-order valence-electron chi connectivity index (χ3n) is 7.44. The Kier molecular flexibility index (Phi) is 13.8. The van der Waals surface area contributed by atoms with Gasteiger partial charge in [0.05, 0.1) is 0 Å². The molecule has 49 heavy (non-hydrogen) atoms. The Labute approximate surface area is 288 Å². The maximum atomic E-state index is 13.2. The van der Waals surface area contributed by atoms with E-state index >= 15 is 0 Å². The SMILES string of the molecule is CC(C)(C)OC(=O)NCCCC[C@@H](CN(CC(=O)O)C(=O)CCNC(=O)OC(C)(C)C)NC(=O)OCC1c2ccccc2-c2ccccc21. The number of unbranched alkanes of at least 4 members (excludes halogenated alkanes) is 1. The molecule has 0 aliphatic heterocycles. The van der Waals surface area contributed by atoms with Gasteiger partial charge in [-0.05, 0) is 83.1 Å². The fourth-order valence-corrected chi connectivity index (χ4v) is 5.46. The predicted octanol–water partition coefficient (Wildman–Crippen LogP) is 5.42. The Morgan fingerprint density at radius 1 is 0.776 bits per heavy atom. The van der Waals surface area contributed by atoms with E-state index in [1.165, 1.54) is 0 Å². The van der Waals surface area contributed by atoms with E-state index in [1.54, 1.807) is 41.5 Å². The van der Waals surface area contributed by atoms with Crippen LogP contribution in [0.2, 0.25) is 0 Å². The Hall–Kier alpha value is -4.81. The van der Waals surface area contributed by atoms with Crippen LogP contribution in [0.5, 0.6) is 0 Å². The second-order valence-electron chi connectivity index (χ2n) is 13.9. The number of benzene rings is 2. The Morgan fingerprint density at radius 2 is 1.31 bits per heavy atom. The molecule has 4 N–H and O–H groups in total. The van der Waals surface area contributed by atoms with Crippen molar-refractivity contribution in [3.05, 3.63) is 59.7 Å². The molecule has 2 aromatic rings. The first-order chi connectivity index (χ1) is 23.0. The molecular weight excluding hydrogens is 632 g/mol. The lowest BCUT2D eigenvalue weighted by Gasteiger charge is -2.27. The number of nitrogens with one attached hydrogen (secondary N) is 3. The molecule has 0 aromatic heterocycles. The number of carbonyl (C=O) groups is 5. The minimum absolute atomic E-state index is 0.0648. The number of rotatable bonds is 15. The van der Waals surface area contributed by atoms with Crippen LogP contribution in [-0.4, -0.2) is 90.2 Å². The summed E-state index contributed by atoms with van der Waals surface area (Å²) in [6.07, 6.45) is -0.690. The van der Waals surface area contributed by atoms with Crippen molar-refractivity contribution in [2.75, 3.05) is 32.8 Å². The first kappa shape index (κ1) is 38.6. The fraction of sp³-hybridized carbons (Fsp3) is 0.528. The van der Waals surface area contributed by atoms with E-state index in [0.717, 1.165) is 27.2 Å². The number of hydrogen-bond acceptors (Lipinski definition) is 8. The summed E-state index contributed by atoms with van der Waals surface area (Å²) in [5, 5.41) is 17.6. The summed E-state index contributed by atoms with van der Waals surface area (Å²) >= 11 is 0. The maximum Gasteiger partial charge on any atom is 0.407 e. The molecule has 1 aliphatic carbocycles. The van der Waals surface area contributed by atoms with Crippen molar-refractivity contribution in [1.29, 1.82) is 0 Å². The highest BCUT2D eigenvalue weighted by atomic mass is 16.6. The van der Waals surface area contributed by atoms with Gasteiger partial charge in [0.15, 0.2) is 0 Å². The minimum atomic E-state index is -1.23. The first-order valence-corrected chi connectivity index (χ1v) is 16.6. The molecule has 0 heterocycles. The molecule has 0 unspecified atom stereocenters. The molecule has 13 heteroatoms. The number of amides is 4. The van der Waals surface area contributed by atoms with Gasteiger partial charge in [-0.25, -0.2) is 14.4 Å². The number of hydrogen-bond donors (Lipinski definition) is 4. The van der Waals surface area contributed by atoms with Gasteiger partial charge < -0.3 is 40.2 Å². The van der Waals surface area contributed by atoms with Gasteiger partial charge >= 0.3 is 24.2 Å². The molecular formula is C36H50N4O9. The van der Waals surface area contributed by atoms with Gasteiger partial charge in [0.1, 0.15) is 24.4 Å². The monoisotopic (exact) mass is 682 g/mol. The molecule has 2 aromatic carbocycles. The summed E-state index contributed by atoms with van der Waals surface area (Å²) in [5.41, 5.74) is 2.95. The van der Waals surface area contributed by atoms with Crippen LogP contribution >= 0.6 is 0 Å². The van der Waals surface area contributed by atoms with E-state index < -0.39 is 53.9 Å². The van der Waals surface area contributed by atoms with Crippen LogP contribution in [-0.2, 0) is 23.8 Å². The predicted molar refractivity (Wildman–Crippen MR) is 183 cm³/mol. The number of fused-ring (bicyclic) bond motifs is 3. The topological polar surface area (TPSA) is 173 Å². The third kappa shape index (κ3) is 13.3. The molecule has 0 radical (unpaired) electrons. The number of carboxylic acids is 1. The molecule has 0 saturated carbocycles. The molecule has 1 aliphatic rings. The number of aliphatic carboxylic acids is 1. The number of alkyl carbamates (subject to hydrolysis) is 3. The maximum absolute atomic E-state index is 13.2. The minimum Gasteiger partial charge on any atom is -0.480 e. The van der Waals surface area contributed by atoms with Crippen molar-refractivity contribution < 1.29 is 43.3 Å². The van der Waals surface area contributed by atoms with Crippen LogP contribution in [0.1, 0.15) is 84.3 Å². The van der Waals surface area contributed by atoms with Gasteiger partial charge in [-0.1, -0.05) is 48.5 Å². The van der Waals surface area contributed by atoms with Crippen LogP contribution in [0.15, 0.2) is 48.5 Å². The average Bonchev–Trinajstić information content (AvgIpc) is 3.31. The summed E-state index contributed by atoms with van der Waals surface area (Å²) in [6, 6.07) is 15.3. The van der Waals surface area contributed by atoms with Crippen molar-refractivity contribution in [2.24, 2.45) is 0 Å².